The fraction of sp³-hybridized carbons (Fsp3) is 0.368. The third-order valence-electron chi connectivity index (χ3n) is 4.35. The largest absolute Gasteiger partial charge is 0.372 e. The molecule has 0 fully saturated rings. The lowest BCUT2D eigenvalue weighted by atomic mass is 9.90. The number of benzene rings is 2. The van der Waals surface area contributed by atoms with Crippen molar-refractivity contribution in [3.63, 3.8) is 0 Å². The van der Waals surface area contributed by atoms with Gasteiger partial charge in [-0.05, 0) is 43.0 Å². The van der Waals surface area contributed by atoms with Crippen molar-refractivity contribution in [1.29, 1.82) is 0 Å². The molecule has 0 amide bonds. The average Bonchev–Trinajstić information content (AvgIpc) is 2.56. The summed E-state index contributed by atoms with van der Waals surface area (Å²) in [6.45, 7) is 0.825. The lowest BCUT2D eigenvalue weighted by molar-refractivity contribution is 0.0152. The molecule has 1 aliphatic heterocycles. The molecule has 2 unspecified atom stereocenters. The molecule has 2 atom stereocenters. The van der Waals surface area contributed by atoms with E-state index >= 15 is 0 Å². The van der Waals surface area contributed by atoms with Crippen LogP contribution in [0.4, 0.5) is 0 Å². The summed E-state index contributed by atoms with van der Waals surface area (Å²) < 4.78 is 6.08. The van der Waals surface area contributed by atoms with E-state index in [2.05, 4.69) is 59.9 Å². The Bertz CT molecular complexity index is 567. The SMILES string of the molecule is CNC(CCc1ccccc1)C1OCCc2ccccc21. The van der Waals surface area contributed by atoms with E-state index < -0.39 is 0 Å². The van der Waals surface area contributed by atoms with E-state index in [0.717, 1.165) is 25.9 Å². The predicted molar refractivity (Wildman–Crippen MR) is 86.4 cm³/mol. The molecular weight excluding hydrogens is 258 g/mol. The van der Waals surface area contributed by atoms with Crippen molar-refractivity contribution in [3.05, 3.63) is 71.3 Å². The van der Waals surface area contributed by atoms with E-state index in [-0.39, 0.29) is 6.10 Å². The second-order valence-electron chi connectivity index (χ2n) is 5.66. The van der Waals surface area contributed by atoms with E-state index in [0.29, 0.717) is 6.04 Å². The Kier molecular flexibility index (Phi) is 4.69. The van der Waals surface area contributed by atoms with Gasteiger partial charge in [-0.15, -0.1) is 0 Å². The normalized spacial score (nSPS) is 19.0. The minimum absolute atomic E-state index is 0.170. The number of hydrogen-bond acceptors (Lipinski definition) is 2. The van der Waals surface area contributed by atoms with Gasteiger partial charge in [-0.2, -0.15) is 0 Å². The van der Waals surface area contributed by atoms with Crippen molar-refractivity contribution in [3.8, 4) is 0 Å². The average molecular weight is 281 g/mol. The van der Waals surface area contributed by atoms with Crippen molar-refractivity contribution < 1.29 is 4.74 Å². The standard InChI is InChI=1S/C19H23NO/c1-20-18(12-11-15-7-3-2-4-8-15)19-17-10-6-5-9-16(17)13-14-21-19/h2-10,18-20H,11-14H2,1H3. The Balaban J connectivity index is 1.72. The Hall–Kier alpha value is -1.64. The molecule has 3 rings (SSSR count). The Morgan fingerprint density at radius 1 is 1.10 bits per heavy atom. The van der Waals surface area contributed by atoms with E-state index in [1.165, 1.54) is 16.7 Å². The summed E-state index contributed by atoms with van der Waals surface area (Å²) >= 11 is 0. The fourth-order valence-corrected chi connectivity index (χ4v) is 3.17. The molecule has 2 aromatic carbocycles. The first kappa shape index (κ1) is 14.3. The first-order chi connectivity index (χ1) is 10.4. The molecule has 0 aromatic heterocycles. The van der Waals surface area contributed by atoms with Gasteiger partial charge < -0.3 is 10.1 Å². The summed E-state index contributed by atoms with van der Waals surface area (Å²) in [5, 5.41) is 3.46. The van der Waals surface area contributed by atoms with Crippen molar-refractivity contribution in [2.75, 3.05) is 13.7 Å². The van der Waals surface area contributed by atoms with Gasteiger partial charge in [0, 0.05) is 6.04 Å². The van der Waals surface area contributed by atoms with Gasteiger partial charge in [0.05, 0.1) is 12.7 Å². The molecule has 21 heavy (non-hydrogen) atoms. The number of aryl methyl sites for hydroxylation is 1. The number of fused-ring (bicyclic) bond motifs is 1. The van der Waals surface area contributed by atoms with Gasteiger partial charge in [0.25, 0.3) is 0 Å². The number of ether oxygens (including phenoxy) is 1. The molecule has 1 aliphatic rings. The van der Waals surface area contributed by atoms with Gasteiger partial charge in [-0.3, -0.25) is 0 Å². The van der Waals surface area contributed by atoms with Crippen molar-refractivity contribution in [2.45, 2.75) is 31.4 Å². The van der Waals surface area contributed by atoms with Crippen molar-refractivity contribution in [2.24, 2.45) is 0 Å². The van der Waals surface area contributed by atoms with Crippen molar-refractivity contribution >= 4 is 0 Å². The smallest absolute Gasteiger partial charge is 0.0980 e. The highest BCUT2D eigenvalue weighted by Crippen LogP contribution is 2.31. The molecule has 0 spiro atoms. The second-order valence-corrected chi connectivity index (χ2v) is 5.66. The quantitative estimate of drug-likeness (QED) is 0.905. The second kappa shape index (κ2) is 6.88. The summed E-state index contributed by atoms with van der Waals surface area (Å²) in [6.07, 6.45) is 3.36. The van der Waals surface area contributed by atoms with Crippen LogP contribution in [0.15, 0.2) is 54.6 Å². The van der Waals surface area contributed by atoms with Crippen LogP contribution in [0.1, 0.15) is 29.2 Å². The molecule has 2 nitrogen and oxygen atoms in total. The fourth-order valence-electron chi connectivity index (χ4n) is 3.17. The molecule has 0 saturated heterocycles. The Morgan fingerprint density at radius 2 is 1.86 bits per heavy atom. The van der Waals surface area contributed by atoms with Gasteiger partial charge in [-0.25, -0.2) is 0 Å². The molecule has 0 radical (unpaired) electrons. The van der Waals surface area contributed by atoms with Crippen LogP contribution >= 0.6 is 0 Å². The van der Waals surface area contributed by atoms with E-state index in [1.807, 2.05) is 7.05 Å². The summed E-state index contributed by atoms with van der Waals surface area (Å²) in [5.74, 6) is 0. The highest BCUT2D eigenvalue weighted by atomic mass is 16.5. The van der Waals surface area contributed by atoms with Gasteiger partial charge >= 0.3 is 0 Å². The third-order valence-corrected chi connectivity index (χ3v) is 4.35. The van der Waals surface area contributed by atoms with Crippen LogP contribution in [0.3, 0.4) is 0 Å². The molecule has 0 bridgehead atoms. The van der Waals surface area contributed by atoms with E-state index in [4.69, 9.17) is 4.74 Å². The molecule has 0 aliphatic carbocycles. The van der Waals surface area contributed by atoms with Crippen LogP contribution in [0.2, 0.25) is 0 Å². The Labute approximate surface area is 127 Å². The van der Waals surface area contributed by atoms with Gasteiger partial charge in [0.2, 0.25) is 0 Å². The molecule has 1 heterocycles. The topological polar surface area (TPSA) is 21.3 Å². The number of hydrogen-bond donors (Lipinski definition) is 1. The molecule has 2 heteroatoms. The zero-order valence-electron chi connectivity index (χ0n) is 12.6. The lowest BCUT2D eigenvalue weighted by Crippen LogP contribution is -2.36. The van der Waals surface area contributed by atoms with Crippen LogP contribution < -0.4 is 5.32 Å². The zero-order valence-corrected chi connectivity index (χ0v) is 12.6. The van der Waals surface area contributed by atoms with E-state index in [9.17, 15) is 0 Å². The monoisotopic (exact) mass is 281 g/mol. The highest BCUT2D eigenvalue weighted by Gasteiger charge is 2.27. The molecular formula is C19H23NO. The predicted octanol–water partition coefficient (Wildman–Crippen LogP) is 3.52. The maximum absolute atomic E-state index is 6.08. The highest BCUT2D eigenvalue weighted by molar-refractivity contribution is 5.32. The molecule has 1 N–H and O–H groups in total. The minimum atomic E-state index is 0.170. The van der Waals surface area contributed by atoms with Crippen molar-refractivity contribution in [1.82, 2.24) is 5.32 Å². The summed E-state index contributed by atoms with van der Waals surface area (Å²) in [4.78, 5) is 0. The molecule has 2 aromatic rings. The number of nitrogens with one attached hydrogen (secondary N) is 1. The van der Waals surface area contributed by atoms with Gasteiger partial charge in [0.1, 0.15) is 0 Å². The Morgan fingerprint density at radius 3 is 2.67 bits per heavy atom. The summed E-state index contributed by atoms with van der Waals surface area (Å²) in [5.41, 5.74) is 4.19. The third kappa shape index (κ3) is 3.34. The zero-order chi connectivity index (χ0) is 14.5. The van der Waals surface area contributed by atoms with Crippen LogP contribution in [0, 0.1) is 0 Å². The summed E-state index contributed by atoms with van der Waals surface area (Å²) in [7, 11) is 2.04. The molecule has 110 valence electrons. The first-order valence-corrected chi connectivity index (χ1v) is 7.79. The van der Waals surface area contributed by atoms with Gasteiger partial charge in [0.15, 0.2) is 0 Å². The van der Waals surface area contributed by atoms with Crippen LogP contribution in [0.5, 0.6) is 0 Å². The number of rotatable bonds is 5. The number of likely N-dealkylation sites (N-methyl/N-ethyl adjacent to an activating group) is 1. The van der Waals surface area contributed by atoms with Crippen LogP contribution in [-0.2, 0) is 17.6 Å². The lowest BCUT2D eigenvalue weighted by Gasteiger charge is -2.32. The van der Waals surface area contributed by atoms with E-state index in [1.54, 1.807) is 0 Å². The van der Waals surface area contributed by atoms with Crippen LogP contribution in [-0.4, -0.2) is 19.7 Å². The molecule has 0 saturated carbocycles. The maximum Gasteiger partial charge on any atom is 0.0980 e. The minimum Gasteiger partial charge on any atom is -0.372 e. The maximum atomic E-state index is 6.08. The van der Waals surface area contributed by atoms with Crippen LogP contribution in [0.25, 0.3) is 0 Å². The van der Waals surface area contributed by atoms with Gasteiger partial charge in [-0.1, -0.05) is 54.6 Å². The first-order valence-electron chi connectivity index (χ1n) is 7.79. The summed E-state index contributed by atoms with van der Waals surface area (Å²) in [6, 6.07) is 19.7.